The first-order valence-electron chi connectivity index (χ1n) is 10.7. The van der Waals surface area contributed by atoms with Gasteiger partial charge in [0.15, 0.2) is 0 Å². The van der Waals surface area contributed by atoms with E-state index in [1.54, 1.807) is 24.0 Å². The van der Waals surface area contributed by atoms with E-state index in [4.69, 9.17) is 4.74 Å². The second-order valence-electron chi connectivity index (χ2n) is 8.36. The predicted molar refractivity (Wildman–Crippen MR) is 115 cm³/mol. The Morgan fingerprint density at radius 1 is 1.09 bits per heavy atom. The number of nitrogens with zero attached hydrogens (tertiary/aromatic N) is 2. The van der Waals surface area contributed by atoms with E-state index < -0.39 is 21.8 Å². The number of rotatable bonds is 6. The van der Waals surface area contributed by atoms with E-state index in [-0.39, 0.29) is 42.0 Å². The summed E-state index contributed by atoms with van der Waals surface area (Å²) < 4.78 is 71.5. The molecule has 1 saturated heterocycles. The van der Waals surface area contributed by atoms with Crippen LogP contribution in [-0.4, -0.2) is 55.9 Å². The Bertz CT molecular complexity index is 1120. The molecule has 1 aliphatic carbocycles. The number of aryl methyl sites for hydroxylation is 1. The number of carbonyl (C=O) groups is 1. The predicted octanol–water partition coefficient (Wildman–Crippen LogP) is 3.84. The van der Waals surface area contributed by atoms with Gasteiger partial charge in [0.2, 0.25) is 10.0 Å². The fourth-order valence-electron chi connectivity index (χ4n) is 3.85. The smallest absolute Gasteiger partial charge is 0.379 e. The highest BCUT2D eigenvalue weighted by Gasteiger charge is 2.35. The monoisotopic (exact) mass is 482 g/mol. The highest BCUT2D eigenvalue weighted by atomic mass is 32.2. The molecule has 1 aliphatic heterocycles. The summed E-state index contributed by atoms with van der Waals surface area (Å²) in [5.74, 6) is -0.337. The van der Waals surface area contributed by atoms with Gasteiger partial charge in [-0.1, -0.05) is 18.2 Å². The minimum absolute atomic E-state index is 0.0135. The van der Waals surface area contributed by atoms with Crippen LogP contribution in [0.25, 0.3) is 0 Å². The zero-order valence-electron chi connectivity index (χ0n) is 18.1. The van der Waals surface area contributed by atoms with E-state index in [0.717, 1.165) is 25.0 Å². The number of halogens is 3. The molecule has 1 saturated carbocycles. The number of amides is 1. The van der Waals surface area contributed by atoms with E-state index in [0.29, 0.717) is 24.3 Å². The van der Waals surface area contributed by atoms with E-state index in [1.165, 1.54) is 22.5 Å². The summed E-state index contributed by atoms with van der Waals surface area (Å²) in [7, 11) is -3.78. The molecule has 2 aromatic carbocycles. The molecular weight excluding hydrogens is 457 g/mol. The van der Waals surface area contributed by atoms with Crippen molar-refractivity contribution in [1.82, 2.24) is 9.21 Å². The molecule has 6 nitrogen and oxygen atoms in total. The van der Waals surface area contributed by atoms with E-state index in [9.17, 15) is 26.4 Å². The SMILES string of the molecule is Cc1ccc(C(=O)N(Cc2ccc(C(F)(F)F)cc2)C2CC2)cc1S(=O)(=O)N1CCOCC1. The highest BCUT2D eigenvalue weighted by molar-refractivity contribution is 7.89. The number of benzene rings is 2. The molecule has 0 N–H and O–H groups in total. The van der Waals surface area contributed by atoms with Crippen LogP contribution in [0.2, 0.25) is 0 Å². The van der Waals surface area contributed by atoms with Gasteiger partial charge < -0.3 is 9.64 Å². The average Bonchev–Trinajstić information content (AvgIpc) is 3.63. The fourth-order valence-corrected chi connectivity index (χ4v) is 5.51. The van der Waals surface area contributed by atoms with Gasteiger partial charge in [-0.3, -0.25) is 4.79 Å². The van der Waals surface area contributed by atoms with Crippen LogP contribution < -0.4 is 0 Å². The Morgan fingerprint density at radius 3 is 2.30 bits per heavy atom. The van der Waals surface area contributed by atoms with Gasteiger partial charge in [-0.2, -0.15) is 17.5 Å². The number of hydrogen-bond acceptors (Lipinski definition) is 4. The van der Waals surface area contributed by atoms with Gasteiger partial charge in [-0.25, -0.2) is 8.42 Å². The molecule has 0 bridgehead atoms. The van der Waals surface area contributed by atoms with Crippen LogP contribution >= 0.6 is 0 Å². The Labute approximate surface area is 191 Å². The summed E-state index contributed by atoms with van der Waals surface area (Å²) in [4.78, 5) is 15.0. The van der Waals surface area contributed by atoms with E-state index >= 15 is 0 Å². The van der Waals surface area contributed by atoms with Crippen LogP contribution in [0.3, 0.4) is 0 Å². The molecule has 2 fully saturated rings. The lowest BCUT2D eigenvalue weighted by molar-refractivity contribution is -0.137. The van der Waals surface area contributed by atoms with Crippen molar-refractivity contribution in [3.63, 3.8) is 0 Å². The quantitative estimate of drug-likeness (QED) is 0.628. The van der Waals surface area contributed by atoms with Gasteiger partial charge in [0, 0.05) is 31.2 Å². The van der Waals surface area contributed by atoms with Crippen molar-refractivity contribution in [3.05, 3.63) is 64.7 Å². The van der Waals surface area contributed by atoms with Crippen molar-refractivity contribution in [2.45, 2.75) is 43.4 Å². The number of ether oxygens (including phenoxy) is 1. The molecule has 0 unspecified atom stereocenters. The van der Waals surface area contributed by atoms with Crippen molar-refractivity contribution in [1.29, 1.82) is 0 Å². The largest absolute Gasteiger partial charge is 0.416 e. The second kappa shape index (κ2) is 9.08. The minimum atomic E-state index is -4.42. The Hall–Kier alpha value is -2.43. The van der Waals surface area contributed by atoms with Gasteiger partial charge in [-0.05, 0) is 55.2 Å². The Morgan fingerprint density at radius 2 is 1.73 bits per heavy atom. The number of alkyl halides is 3. The molecule has 33 heavy (non-hydrogen) atoms. The third-order valence-electron chi connectivity index (χ3n) is 5.91. The molecule has 178 valence electrons. The lowest BCUT2D eigenvalue weighted by Crippen LogP contribution is -2.41. The molecule has 1 amide bonds. The molecule has 0 atom stereocenters. The van der Waals surface area contributed by atoms with E-state index in [1.807, 2.05) is 0 Å². The van der Waals surface area contributed by atoms with Crippen LogP contribution in [0.1, 0.15) is 39.9 Å². The Balaban J connectivity index is 1.58. The summed E-state index contributed by atoms with van der Waals surface area (Å²) >= 11 is 0. The van der Waals surface area contributed by atoms with Crippen LogP contribution in [0, 0.1) is 6.92 Å². The first kappa shape index (κ1) is 23.7. The average molecular weight is 483 g/mol. The molecule has 4 rings (SSSR count). The molecule has 2 aliphatic rings. The van der Waals surface area contributed by atoms with Crippen molar-refractivity contribution >= 4 is 15.9 Å². The zero-order chi connectivity index (χ0) is 23.8. The first-order valence-corrected chi connectivity index (χ1v) is 12.2. The van der Waals surface area contributed by atoms with Gasteiger partial charge in [0.25, 0.3) is 5.91 Å². The van der Waals surface area contributed by atoms with Crippen molar-refractivity contribution < 1.29 is 31.1 Å². The van der Waals surface area contributed by atoms with Crippen molar-refractivity contribution in [2.75, 3.05) is 26.3 Å². The molecule has 10 heteroatoms. The molecule has 2 aromatic rings. The van der Waals surface area contributed by atoms with Gasteiger partial charge in [0.1, 0.15) is 0 Å². The highest BCUT2D eigenvalue weighted by Crippen LogP contribution is 2.32. The Kier molecular flexibility index (Phi) is 6.52. The zero-order valence-corrected chi connectivity index (χ0v) is 19.0. The number of carbonyl (C=O) groups excluding carboxylic acids is 1. The van der Waals surface area contributed by atoms with Gasteiger partial charge in [-0.15, -0.1) is 0 Å². The molecule has 0 spiro atoms. The van der Waals surface area contributed by atoms with Gasteiger partial charge >= 0.3 is 6.18 Å². The summed E-state index contributed by atoms with van der Waals surface area (Å²) in [5.41, 5.74) is 0.619. The van der Waals surface area contributed by atoms with E-state index in [2.05, 4.69) is 0 Å². The summed E-state index contributed by atoms with van der Waals surface area (Å²) in [6.45, 7) is 2.98. The fraction of sp³-hybridized carbons (Fsp3) is 0.435. The van der Waals surface area contributed by atoms with Crippen molar-refractivity contribution in [2.24, 2.45) is 0 Å². The number of hydrogen-bond donors (Lipinski definition) is 0. The van der Waals surface area contributed by atoms with Crippen LogP contribution in [0.5, 0.6) is 0 Å². The first-order chi connectivity index (χ1) is 15.6. The van der Waals surface area contributed by atoms with Crippen LogP contribution in [0.15, 0.2) is 47.4 Å². The number of sulfonamides is 1. The summed E-state index contributed by atoms with van der Waals surface area (Å²) in [5, 5.41) is 0. The lowest BCUT2D eigenvalue weighted by Gasteiger charge is -2.27. The number of morpholine rings is 1. The maximum absolute atomic E-state index is 13.3. The second-order valence-corrected chi connectivity index (χ2v) is 10.3. The van der Waals surface area contributed by atoms with Gasteiger partial charge in [0.05, 0.1) is 23.7 Å². The molecule has 0 aromatic heterocycles. The standard InChI is InChI=1S/C23H25F3N2O4S/c1-16-2-5-18(14-21(16)33(30,31)27-10-12-32-13-11-27)22(29)28(20-8-9-20)15-17-3-6-19(7-4-17)23(24,25)26/h2-7,14,20H,8-13,15H2,1H3. The molecular formula is C23H25F3N2O4S. The van der Waals surface area contributed by atoms with Crippen LogP contribution in [0.4, 0.5) is 13.2 Å². The summed E-state index contributed by atoms with van der Waals surface area (Å²) in [6, 6.07) is 9.35. The maximum atomic E-state index is 13.3. The minimum Gasteiger partial charge on any atom is -0.379 e. The molecule has 0 radical (unpaired) electrons. The molecule has 1 heterocycles. The third kappa shape index (κ3) is 5.23. The lowest BCUT2D eigenvalue weighted by atomic mass is 10.1. The summed E-state index contributed by atoms with van der Waals surface area (Å²) in [6.07, 6.45) is -2.82. The third-order valence-corrected chi connectivity index (χ3v) is 7.95. The van der Waals surface area contributed by atoms with Crippen molar-refractivity contribution in [3.8, 4) is 0 Å². The normalized spacial score (nSPS) is 17.7. The topological polar surface area (TPSA) is 66.9 Å². The maximum Gasteiger partial charge on any atom is 0.416 e. The van der Waals surface area contributed by atoms with Crippen LogP contribution in [-0.2, 0) is 27.5 Å².